The maximum atomic E-state index is 12.4. The van der Waals surface area contributed by atoms with Crippen molar-refractivity contribution >= 4 is 10.9 Å². The van der Waals surface area contributed by atoms with Gasteiger partial charge in [0.2, 0.25) is 5.82 Å². The molecule has 4 aromatic rings. The highest BCUT2D eigenvalue weighted by molar-refractivity contribution is 5.84. The molecular weight excluding hydrogens is 302 g/mol. The van der Waals surface area contributed by atoms with E-state index in [0.29, 0.717) is 11.5 Å². The number of hydrogen-bond acceptors (Lipinski definition) is 4. The fourth-order valence-electron chi connectivity index (χ4n) is 2.78. The van der Waals surface area contributed by atoms with Crippen molar-refractivity contribution in [2.75, 3.05) is 0 Å². The molecule has 2 aromatic carbocycles. The Morgan fingerprint density at radius 3 is 2.71 bits per heavy atom. The molecule has 0 aliphatic carbocycles. The molecule has 0 unspecified atom stereocenters. The largest absolute Gasteiger partial charge is 0.334 e. The summed E-state index contributed by atoms with van der Waals surface area (Å²) in [6.07, 6.45) is 0. The number of aryl methyl sites for hydroxylation is 2. The zero-order valence-electron chi connectivity index (χ0n) is 13.3. The predicted molar refractivity (Wildman–Crippen MR) is 92.8 cm³/mol. The molecule has 5 heteroatoms. The number of aromatic amines is 1. The van der Waals surface area contributed by atoms with Crippen LogP contribution < -0.4 is 5.56 Å². The first-order valence-corrected chi connectivity index (χ1v) is 7.65. The van der Waals surface area contributed by atoms with E-state index in [9.17, 15) is 4.79 Å². The van der Waals surface area contributed by atoms with E-state index in [1.54, 1.807) is 6.07 Å². The highest BCUT2D eigenvalue weighted by atomic mass is 16.5. The second-order valence-electron chi connectivity index (χ2n) is 5.84. The van der Waals surface area contributed by atoms with E-state index in [1.807, 2.05) is 56.3 Å². The minimum absolute atomic E-state index is 0.228. The number of para-hydroxylation sites is 1. The Kier molecular flexibility index (Phi) is 3.27. The van der Waals surface area contributed by atoms with Crippen LogP contribution in [0.1, 0.15) is 11.1 Å². The second kappa shape index (κ2) is 5.45. The van der Waals surface area contributed by atoms with Gasteiger partial charge in [-0.2, -0.15) is 4.98 Å². The Hall–Kier alpha value is -3.21. The lowest BCUT2D eigenvalue weighted by atomic mass is 10.1. The number of benzene rings is 2. The Bertz CT molecular complexity index is 1110. The van der Waals surface area contributed by atoms with Crippen LogP contribution in [0.4, 0.5) is 0 Å². The van der Waals surface area contributed by atoms with E-state index in [4.69, 9.17) is 4.52 Å². The SMILES string of the molecule is Cc1cccc(-c2nc(-c3cc4cccc(C)c4[nH]c3=O)no2)c1. The minimum Gasteiger partial charge on any atom is -0.334 e. The van der Waals surface area contributed by atoms with Crippen LogP contribution in [-0.2, 0) is 0 Å². The van der Waals surface area contributed by atoms with Crippen molar-refractivity contribution in [2.24, 2.45) is 0 Å². The van der Waals surface area contributed by atoms with Crippen LogP contribution in [0.3, 0.4) is 0 Å². The molecule has 0 fully saturated rings. The summed E-state index contributed by atoms with van der Waals surface area (Å²) < 4.78 is 5.34. The van der Waals surface area contributed by atoms with Gasteiger partial charge in [0.15, 0.2) is 0 Å². The van der Waals surface area contributed by atoms with Crippen LogP contribution in [-0.4, -0.2) is 15.1 Å². The van der Waals surface area contributed by atoms with Crippen molar-refractivity contribution in [2.45, 2.75) is 13.8 Å². The van der Waals surface area contributed by atoms with Crippen LogP contribution >= 0.6 is 0 Å². The van der Waals surface area contributed by atoms with Gasteiger partial charge < -0.3 is 9.51 Å². The lowest BCUT2D eigenvalue weighted by Crippen LogP contribution is -2.10. The first kappa shape index (κ1) is 14.4. The van der Waals surface area contributed by atoms with Crippen LogP contribution in [0.5, 0.6) is 0 Å². The summed E-state index contributed by atoms with van der Waals surface area (Å²) in [4.78, 5) is 19.7. The van der Waals surface area contributed by atoms with Crippen molar-refractivity contribution in [3.63, 3.8) is 0 Å². The molecule has 1 N–H and O–H groups in total. The first-order chi connectivity index (χ1) is 11.6. The second-order valence-corrected chi connectivity index (χ2v) is 5.84. The number of nitrogens with zero attached hydrogens (tertiary/aromatic N) is 2. The van der Waals surface area contributed by atoms with Crippen molar-refractivity contribution in [3.05, 3.63) is 70.0 Å². The van der Waals surface area contributed by atoms with Gasteiger partial charge >= 0.3 is 0 Å². The predicted octanol–water partition coefficient (Wildman–Crippen LogP) is 3.86. The lowest BCUT2D eigenvalue weighted by molar-refractivity contribution is 0.432. The Morgan fingerprint density at radius 2 is 1.88 bits per heavy atom. The third kappa shape index (κ3) is 2.40. The maximum Gasteiger partial charge on any atom is 0.259 e. The van der Waals surface area contributed by atoms with E-state index in [-0.39, 0.29) is 11.4 Å². The molecule has 0 atom stereocenters. The van der Waals surface area contributed by atoms with Gasteiger partial charge in [-0.05, 0) is 43.0 Å². The zero-order chi connectivity index (χ0) is 16.7. The molecule has 5 nitrogen and oxygen atoms in total. The summed E-state index contributed by atoms with van der Waals surface area (Å²) in [6, 6.07) is 15.5. The van der Waals surface area contributed by atoms with Crippen LogP contribution in [0.2, 0.25) is 0 Å². The van der Waals surface area contributed by atoms with Crippen LogP contribution in [0, 0.1) is 13.8 Å². The van der Waals surface area contributed by atoms with E-state index in [1.165, 1.54) is 0 Å². The first-order valence-electron chi connectivity index (χ1n) is 7.65. The van der Waals surface area contributed by atoms with E-state index < -0.39 is 0 Å². The average molecular weight is 317 g/mol. The molecule has 2 aromatic heterocycles. The molecule has 0 radical (unpaired) electrons. The number of pyridine rings is 1. The highest BCUT2D eigenvalue weighted by Gasteiger charge is 2.14. The Morgan fingerprint density at radius 1 is 1.04 bits per heavy atom. The third-order valence-electron chi connectivity index (χ3n) is 4.02. The number of hydrogen-bond donors (Lipinski definition) is 1. The molecule has 24 heavy (non-hydrogen) atoms. The van der Waals surface area contributed by atoms with Gasteiger partial charge in [0, 0.05) is 5.56 Å². The quantitative estimate of drug-likeness (QED) is 0.609. The molecule has 0 saturated carbocycles. The van der Waals surface area contributed by atoms with Crippen molar-refractivity contribution in [1.82, 2.24) is 15.1 Å². The summed E-state index contributed by atoms with van der Waals surface area (Å²) in [5, 5.41) is 4.91. The van der Waals surface area contributed by atoms with Gasteiger partial charge in [-0.1, -0.05) is 41.1 Å². The fourth-order valence-corrected chi connectivity index (χ4v) is 2.78. The molecule has 0 amide bonds. The van der Waals surface area contributed by atoms with Gasteiger partial charge in [0.25, 0.3) is 11.4 Å². The van der Waals surface area contributed by atoms with Crippen LogP contribution in [0.15, 0.2) is 57.8 Å². The highest BCUT2D eigenvalue weighted by Crippen LogP contribution is 2.23. The number of nitrogens with one attached hydrogen (secondary N) is 1. The normalized spacial score (nSPS) is 11.1. The standard InChI is InChI=1S/C19H15N3O2/c1-11-5-3-8-14(9-11)19-21-17(22-24-19)15-10-13-7-4-6-12(2)16(13)20-18(15)23/h3-10H,1-2H3,(H,20,23). The molecule has 0 saturated heterocycles. The molecule has 2 heterocycles. The Labute approximate surface area is 138 Å². The number of H-pyrrole nitrogens is 1. The maximum absolute atomic E-state index is 12.4. The molecule has 0 spiro atoms. The van der Waals surface area contributed by atoms with Gasteiger partial charge in [-0.15, -0.1) is 0 Å². The molecule has 0 aliphatic rings. The van der Waals surface area contributed by atoms with Crippen molar-refractivity contribution in [1.29, 1.82) is 0 Å². The van der Waals surface area contributed by atoms with Gasteiger partial charge in [-0.25, -0.2) is 0 Å². The fraction of sp³-hybridized carbons (Fsp3) is 0.105. The van der Waals surface area contributed by atoms with Crippen molar-refractivity contribution < 1.29 is 4.52 Å². The molecular formula is C19H15N3O2. The van der Waals surface area contributed by atoms with Crippen LogP contribution in [0.25, 0.3) is 33.7 Å². The number of rotatable bonds is 2. The van der Waals surface area contributed by atoms with E-state index in [2.05, 4.69) is 15.1 Å². The van der Waals surface area contributed by atoms with Crippen molar-refractivity contribution in [3.8, 4) is 22.8 Å². The lowest BCUT2D eigenvalue weighted by Gasteiger charge is -2.02. The summed E-state index contributed by atoms with van der Waals surface area (Å²) in [7, 11) is 0. The van der Waals surface area contributed by atoms with E-state index >= 15 is 0 Å². The van der Waals surface area contributed by atoms with E-state index in [0.717, 1.165) is 27.6 Å². The van der Waals surface area contributed by atoms with Gasteiger partial charge in [-0.3, -0.25) is 4.79 Å². The Balaban J connectivity index is 1.84. The molecule has 0 bridgehead atoms. The van der Waals surface area contributed by atoms with Gasteiger partial charge in [0.1, 0.15) is 0 Å². The van der Waals surface area contributed by atoms with Gasteiger partial charge in [0.05, 0.1) is 11.1 Å². The zero-order valence-corrected chi connectivity index (χ0v) is 13.3. The average Bonchev–Trinajstić information content (AvgIpc) is 3.05. The molecule has 118 valence electrons. The smallest absolute Gasteiger partial charge is 0.259 e. The minimum atomic E-state index is -0.228. The summed E-state index contributed by atoms with van der Waals surface area (Å²) in [5.74, 6) is 0.689. The number of aromatic nitrogens is 3. The summed E-state index contributed by atoms with van der Waals surface area (Å²) in [6.45, 7) is 3.96. The topological polar surface area (TPSA) is 71.8 Å². The third-order valence-corrected chi connectivity index (χ3v) is 4.02. The summed E-state index contributed by atoms with van der Waals surface area (Å²) in [5.41, 5.74) is 3.95. The molecule has 0 aliphatic heterocycles. The monoisotopic (exact) mass is 317 g/mol. The summed E-state index contributed by atoms with van der Waals surface area (Å²) >= 11 is 0. The molecule has 4 rings (SSSR count). The number of fused-ring (bicyclic) bond motifs is 1.